The predicted octanol–water partition coefficient (Wildman–Crippen LogP) is 0.0464. The minimum Gasteiger partial charge on any atom is -0.394 e. The van der Waals surface area contributed by atoms with Gasteiger partial charge in [0.05, 0.1) is 30.5 Å². The smallest absolute Gasteiger partial charge is 0.227 e. The predicted molar refractivity (Wildman–Crippen MR) is 86.4 cm³/mol. The van der Waals surface area contributed by atoms with Gasteiger partial charge in [0, 0.05) is 26.2 Å². The first-order chi connectivity index (χ1) is 10.9. The van der Waals surface area contributed by atoms with E-state index in [9.17, 15) is 18.3 Å². The lowest BCUT2D eigenvalue weighted by molar-refractivity contribution is -0.152. The van der Waals surface area contributed by atoms with Crippen molar-refractivity contribution in [2.24, 2.45) is 5.92 Å². The van der Waals surface area contributed by atoms with Crippen molar-refractivity contribution in [1.82, 2.24) is 9.21 Å². The number of aliphatic hydroxyl groups is 1. The third-order valence-corrected chi connectivity index (χ3v) is 6.47. The van der Waals surface area contributed by atoms with E-state index in [0.717, 1.165) is 0 Å². The van der Waals surface area contributed by atoms with E-state index in [0.29, 0.717) is 38.9 Å². The number of morpholine rings is 1. The van der Waals surface area contributed by atoms with Crippen LogP contribution in [-0.2, 0) is 19.6 Å². The highest BCUT2D eigenvalue weighted by molar-refractivity contribution is 7.89. The lowest BCUT2D eigenvalue weighted by Crippen LogP contribution is -2.54. The van der Waals surface area contributed by atoms with Crippen molar-refractivity contribution < 1.29 is 23.1 Å². The first kappa shape index (κ1) is 18.6. The summed E-state index contributed by atoms with van der Waals surface area (Å²) in [6, 6.07) is 0. The summed E-state index contributed by atoms with van der Waals surface area (Å²) in [5.74, 6) is -0.176. The first-order valence-electron chi connectivity index (χ1n) is 8.40. The standard InChI is InChI=1S/C15H28N2O5S/c1-3-7-23(20,21)17-6-4-5-13(9-17)15(19)16-8-12(2)22-14(10-16)11-18/h12-14,18H,3-11H2,1-2H3/t12-,13-,14-/m0/s1. The van der Waals surface area contributed by atoms with E-state index in [2.05, 4.69) is 0 Å². The van der Waals surface area contributed by atoms with Crippen molar-refractivity contribution in [3.8, 4) is 0 Å². The van der Waals surface area contributed by atoms with Gasteiger partial charge in [0.15, 0.2) is 0 Å². The molecule has 134 valence electrons. The molecule has 0 spiro atoms. The zero-order valence-electron chi connectivity index (χ0n) is 14.0. The number of hydrogen-bond acceptors (Lipinski definition) is 5. The molecule has 0 aromatic carbocycles. The maximum Gasteiger partial charge on any atom is 0.227 e. The Balaban J connectivity index is 2.01. The second-order valence-corrected chi connectivity index (χ2v) is 8.60. The van der Waals surface area contributed by atoms with Gasteiger partial charge in [-0.2, -0.15) is 0 Å². The Morgan fingerprint density at radius 1 is 1.30 bits per heavy atom. The third kappa shape index (κ3) is 4.65. The SMILES string of the molecule is CCCS(=O)(=O)N1CCC[C@H](C(=O)N2C[C@@H](CO)O[C@@H](C)C2)C1. The number of carbonyl (C=O) groups is 1. The quantitative estimate of drug-likeness (QED) is 0.758. The Bertz CT molecular complexity index is 510. The Kier molecular flexibility index (Phi) is 6.41. The molecule has 7 nitrogen and oxygen atoms in total. The van der Waals surface area contributed by atoms with Crippen molar-refractivity contribution in [1.29, 1.82) is 0 Å². The van der Waals surface area contributed by atoms with Crippen LogP contribution in [0.2, 0.25) is 0 Å². The summed E-state index contributed by atoms with van der Waals surface area (Å²) < 4.78 is 31.5. The Labute approximate surface area is 138 Å². The van der Waals surface area contributed by atoms with Crippen molar-refractivity contribution in [3.05, 3.63) is 0 Å². The van der Waals surface area contributed by atoms with E-state index in [4.69, 9.17) is 4.74 Å². The van der Waals surface area contributed by atoms with Gasteiger partial charge in [0.1, 0.15) is 0 Å². The van der Waals surface area contributed by atoms with Gasteiger partial charge in [-0.1, -0.05) is 6.92 Å². The highest BCUT2D eigenvalue weighted by Crippen LogP contribution is 2.23. The Hall–Kier alpha value is -0.700. The summed E-state index contributed by atoms with van der Waals surface area (Å²) in [7, 11) is -3.26. The van der Waals surface area contributed by atoms with Gasteiger partial charge >= 0.3 is 0 Å². The van der Waals surface area contributed by atoms with Gasteiger partial charge in [-0.05, 0) is 26.2 Å². The normalized spacial score (nSPS) is 30.4. The number of aliphatic hydroxyl groups excluding tert-OH is 1. The van der Waals surface area contributed by atoms with Gasteiger partial charge in [0.2, 0.25) is 15.9 Å². The molecule has 0 aromatic heterocycles. The lowest BCUT2D eigenvalue weighted by atomic mass is 9.97. The maximum absolute atomic E-state index is 12.8. The molecule has 0 aliphatic carbocycles. The largest absolute Gasteiger partial charge is 0.394 e. The zero-order valence-corrected chi connectivity index (χ0v) is 14.8. The molecule has 0 saturated carbocycles. The van der Waals surface area contributed by atoms with E-state index in [-0.39, 0.29) is 42.9 Å². The molecule has 2 fully saturated rings. The highest BCUT2D eigenvalue weighted by Gasteiger charge is 2.36. The van der Waals surface area contributed by atoms with Crippen molar-refractivity contribution in [3.63, 3.8) is 0 Å². The molecule has 2 heterocycles. The molecule has 0 radical (unpaired) electrons. The fourth-order valence-corrected chi connectivity index (χ4v) is 4.96. The third-order valence-electron chi connectivity index (χ3n) is 4.43. The van der Waals surface area contributed by atoms with Crippen LogP contribution in [-0.4, -0.2) is 79.4 Å². The number of amides is 1. The van der Waals surface area contributed by atoms with E-state index >= 15 is 0 Å². The van der Waals surface area contributed by atoms with E-state index < -0.39 is 10.0 Å². The van der Waals surface area contributed by atoms with Crippen LogP contribution in [0.15, 0.2) is 0 Å². The molecule has 1 amide bonds. The molecule has 2 aliphatic heterocycles. The fourth-order valence-electron chi connectivity index (χ4n) is 3.37. The molecule has 2 saturated heterocycles. The zero-order chi connectivity index (χ0) is 17.0. The van der Waals surface area contributed by atoms with Crippen molar-refractivity contribution in [2.45, 2.75) is 45.3 Å². The highest BCUT2D eigenvalue weighted by atomic mass is 32.2. The minimum atomic E-state index is -3.26. The van der Waals surface area contributed by atoms with Crippen LogP contribution < -0.4 is 0 Å². The summed E-state index contributed by atoms with van der Waals surface area (Å²) in [6.07, 6.45) is 1.53. The fraction of sp³-hybridized carbons (Fsp3) is 0.933. The molecule has 8 heteroatoms. The van der Waals surface area contributed by atoms with Gasteiger partial charge < -0.3 is 14.7 Å². The summed E-state index contributed by atoms with van der Waals surface area (Å²) >= 11 is 0. The van der Waals surface area contributed by atoms with Gasteiger partial charge in [-0.15, -0.1) is 0 Å². The first-order valence-corrected chi connectivity index (χ1v) is 10.0. The van der Waals surface area contributed by atoms with E-state index in [1.807, 2.05) is 13.8 Å². The molecule has 3 atom stereocenters. The van der Waals surface area contributed by atoms with Crippen LogP contribution in [0.5, 0.6) is 0 Å². The molecule has 1 N–H and O–H groups in total. The summed E-state index contributed by atoms with van der Waals surface area (Å²) in [4.78, 5) is 14.5. The van der Waals surface area contributed by atoms with Crippen LogP contribution >= 0.6 is 0 Å². The van der Waals surface area contributed by atoms with Crippen molar-refractivity contribution >= 4 is 15.9 Å². The van der Waals surface area contributed by atoms with Crippen molar-refractivity contribution in [2.75, 3.05) is 38.5 Å². The lowest BCUT2D eigenvalue weighted by Gasteiger charge is -2.39. The van der Waals surface area contributed by atoms with Crippen LogP contribution in [0.4, 0.5) is 0 Å². The molecular formula is C15H28N2O5S. The molecular weight excluding hydrogens is 320 g/mol. The number of nitrogens with zero attached hydrogens (tertiary/aromatic N) is 2. The average Bonchev–Trinajstić information content (AvgIpc) is 2.53. The molecule has 0 aromatic rings. The molecule has 23 heavy (non-hydrogen) atoms. The second-order valence-electron chi connectivity index (χ2n) is 6.51. The number of ether oxygens (including phenoxy) is 1. The number of rotatable bonds is 5. The molecule has 0 unspecified atom stereocenters. The van der Waals surface area contributed by atoms with Gasteiger partial charge in [-0.3, -0.25) is 4.79 Å². The number of carbonyl (C=O) groups excluding carboxylic acids is 1. The summed E-state index contributed by atoms with van der Waals surface area (Å²) in [5, 5.41) is 9.28. The van der Waals surface area contributed by atoms with Crippen LogP contribution in [0.25, 0.3) is 0 Å². The molecule has 0 bridgehead atoms. The van der Waals surface area contributed by atoms with Gasteiger partial charge in [-0.25, -0.2) is 12.7 Å². The average molecular weight is 348 g/mol. The Morgan fingerprint density at radius 2 is 2.04 bits per heavy atom. The van der Waals surface area contributed by atoms with Gasteiger partial charge in [0.25, 0.3) is 0 Å². The monoisotopic (exact) mass is 348 g/mol. The maximum atomic E-state index is 12.8. The van der Waals surface area contributed by atoms with E-state index in [1.165, 1.54) is 4.31 Å². The van der Waals surface area contributed by atoms with Crippen LogP contribution in [0.3, 0.4) is 0 Å². The Morgan fingerprint density at radius 3 is 2.70 bits per heavy atom. The van der Waals surface area contributed by atoms with Crippen LogP contribution in [0, 0.1) is 5.92 Å². The number of hydrogen-bond donors (Lipinski definition) is 1. The second kappa shape index (κ2) is 7.92. The molecule has 2 rings (SSSR count). The van der Waals surface area contributed by atoms with E-state index in [1.54, 1.807) is 4.90 Å². The topological polar surface area (TPSA) is 87.2 Å². The summed E-state index contributed by atoms with van der Waals surface area (Å²) in [6.45, 7) is 5.25. The van der Waals surface area contributed by atoms with Crippen LogP contribution in [0.1, 0.15) is 33.1 Å². The number of sulfonamides is 1. The molecule has 2 aliphatic rings. The minimum absolute atomic E-state index is 0.0185. The summed E-state index contributed by atoms with van der Waals surface area (Å²) in [5.41, 5.74) is 0. The number of piperidine rings is 1.